The first-order chi connectivity index (χ1) is 8.70. The molecule has 0 spiro atoms. The maximum atomic E-state index is 5.84. The molecule has 102 valence electrons. The van der Waals surface area contributed by atoms with Crippen LogP contribution in [0.3, 0.4) is 0 Å². The van der Waals surface area contributed by atoms with Crippen LogP contribution in [0, 0.1) is 0 Å². The quantitative estimate of drug-likeness (QED) is 0.517. The largest absolute Gasteiger partial charge is 0.311 e. The first kappa shape index (κ1) is 15.5. The highest BCUT2D eigenvalue weighted by Gasteiger charge is 2.19. The molecule has 0 saturated carbocycles. The van der Waals surface area contributed by atoms with Gasteiger partial charge in [-0.2, -0.15) is 0 Å². The molecule has 1 N–H and O–H groups in total. The third-order valence-electron chi connectivity index (χ3n) is 3.71. The zero-order valence-corrected chi connectivity index (χ0v) is 12.5. The summed E-state index contributed by atoms with van der Waals surface area (Å²) in [6.45, 7) is 5.59. The molecule has 0 radical (unpaired) electrons. The Labute approximate surface area is 117 Å². The van der Waals surface area contributed by atoms with Gasteiger partial charge in [0.25, 0.3) is 0 Å². The Bertz CT molecular complexity index is 312. The van der Waals surface area contributed by atoms with Crippen LogP contribution in [0.2, 0.25) is 0 Å². The second kappa shape index (κ2) is 8.55. The molecule has 0 aliphatic rings. The zero-order valence-electron chi connectivity index (χ0n) is 11.7. The van der Waals surface area contributed by atoms with E-state index in [4.69, 9.17) is 11.6 Å². The number of hydrogen-bond donors (Lipinski definition) is 1. The fourth-order valence-corrected chi connectivity index (χ4v) is 2.50. The minimum absolute atomic E-state index is 0.217. The summed E-state index contributed by atoms with van der Waals surface area (Å²) in [6, 6.07) is 10.7. The second-order valence-corrected chi connectivity index (χ2v) is 5.60. The Morgan fingerprint density at radius 3 is 2.50 bits per heavy atom. The van der Waals surface area contributed by atoms with Crippen molar-refractivity contribution in [2.24, 2.45) is 0 Å². The molecule has 1 aromatic carbocycles. The van der Waals surface area contributed by atoms with Crippen molar-refractivity contribution in [1.29, 1.82) is 0 Å². The van der Waals surface area contributed by atoms with Gasteiger partial charge in [0.1, 0.15) is 0 Å². The third kappa shape index (κ3) is 5.88. The van der Waals surface area contributed by atoms with Gasteiger partial charge in [0.05, 0.1) is 0 Å². The Hall–Kier alpha value is -0.530. The second-order valence-electron chi connectivity index (χ2n) is 5.22. The van der Waals surface area contributed by atoms with Crippen LogP contribution in [0.4, 0.5) is 0 Å². The van der Waals surface area contributed by atoms with Crippen molar-refractivity contribution >= 4 is 11.6 Å². The predicted octanol–water partition coefficient (Wildman–Crippen LogP) is 4.40. The first-order valence-electron chi connectivity index (χ1n) is 7.05. The average Bonchev–Trinajstić information content (AvgIpc) is 2.40. The summed E-state index contributed by atoms with van der Waals surface area (Å²) in [5.41, 5.74) is 1.66. The number of alkyl halides is 1. The molecular formula is C16H26ClN. The molecule has 2 heteroatoms. The van der Waals surface area contributed by atoms with E-state index < -0.39 is 0 Å². The number of nitrogens with one attached hydrogen (secondary N) is 1. The maximum absolute atomic E-state index is 5.84. The van der Waals surface area contributed by atoms with E-state index in [-0.39, 0.29) is 5.54 Å². The predicted molar refractivity (Wildman–Crippen MR) is 81.4 cm³/mol. The van der Waals surface area contributed by atoms with Gasteiger partial charge in [-0.3, -0.25) is 0 Å². The molecule has 0 saturated heterocycles. The topological polar surface area (TPSA) is 12.0 Å². The maximum Gasteiger partial charge on any atom is 0.0240 e. The van der Waals surface area contributed by atoms with E-state index in [9.17, 15) is 0 Å². The molecule has 0 bridgehead atoms. The van der Waals surface area contributed by atoms with E-state index in [0.29, 0.717) is 0 Å². The summed E-state index contributed by atoms with van der Waals surface area (Å²) in [6.07, 6.45) is 5.84. The number of aryl methyl sites for hydroxylation is 1. The Morgan fingerprint density at radius 1 is 1.17 bits per heavy atom. The van der Waals surface area contributed by atoms with Crippen molar-refractivity contribution in [3.8, 4) is 0 Å². The Balaban J connectivity index is 2.15. The van der Waals surface area contributed by atoms with E-state index in [1.807, 2.05) is 0 Å². The van der Waals surface area contributed by atoms with Gasteiger partial charge in [-0.15, -0.1) is 11.6 Å². The highest BCUT2D eigenvalue weighted by molar-refractivity contribution is 6.17. The van der Waals surface area contributed by atoms with Crippen molar-refractivity contribution < 1.29 is 0 Å². The lowest BCUT2D eigenvalue weighted by molar-refractivity contribution is 0.330. The lowest BCUT2D eigenvalue weighted by Gasteiger charge is -2.29. The fourth-order valence-electron chi connectivity index (χ4n) is 2.09. The number of benzene rings is 1. The van der Waals surface area contributed by atoms with Crippen molar-refractivity contribution in [2.75, 3.05) is 12.4 Å². The normalized spacial score (nSPS) is 14.4. The first-order valence-corrected chi connectivity index (χ1v) is 7.58. The van der Waals surface area contributed by atoms with Gasteiger partial charge < -0.3 is 5.32 Å². The van der Waals surface area contributed by atoms with Gasteiger partial charge in [0.2, 0.25) is 0 Å². The van der Waals surface area contributed by atoms with E-state index >= 15 is 0 Å². The summed E-state index contributed by atoms with van der Waals surface area (Å²) in [5.74, 6) is 0.737. The molecule has 0 fully saturated rings. The Morgan fingerprint density at radius 2 is 1.89 bits per heavy atom. The molecule has 1 rings (SSSR count). The molecule has 0 aliphatic carbocycles. The minimum Gasteiger partial charge on any atom is -0.311 e. The number of hydrogen-bond acceptors (Lipinski definition) is 1. The van der Waals surface area contributed by atoms with Crippen LogP contribution in [0.5, 0.6) is 0 Å². The van der Waals surface area contributed by atoms with Crippen molar-refractivity contribution in [2.45, 2.75) is 51.5 Å². The average molecular weight is 268 g/mol. The van der Waals surface area contributed by atoms with E-state index in [1.165, 1.54) is 24.8 Å². The van der Waals surface area contributed by atoms with Crippen LogP contribution in [0.25, 0.3) is 0 Å². The standard InChI is InChI=1S/C16H26ClN/c1-3-16(2,12-13-17)18-14-8-7-11-15-9-5-4-6-10-15/h4-6,9-10,18H,3,7-8,11-14H2,1-2H3. The highest BCUT2D eigenvalue weighted by atomic mass is 35.5. The van der Waals surface area contributed by atoms with Gasteiger partial charge in [-0.25, -0.2) is 0 Å². The van der Waals surface area contributed by atoms with Crippen LogP contribution >= 0.6 is 11.6 Å². The molecule has 0 aliphatic heterocycles. The number of rotatable bonds is 9. The summed E-state index contributed by atoms with van der Waals surface area (Å²) in [4.78, 5) is 0. The summed E-state index contributed by atoms with van der Waals surface area (Å²) < 4.78 is 0. The van der Waals surface area contributed by atoms with Crippen molar-refractivity contribution in [3.63, 3.8) is 0 Å². The Kier molecular flexibility index (Phi) is 7.38. The molecule has 0 amide bonds. The van der Waals surface area contributed by atoms with Crippen LogP contribution in [0.15, 0.2) is 30.3 Å². The summed E-state index contributed by atoms with van der Waals surface area (Å²) in [7, 11) is 0. The monoisotopic (exact) mass is 267 g/mol. The minimum atomic E-state index is 0.217. The molecule has 0 heterocycles. The van der Waals surface area contributed by atoms with Crippen molar-refractivity contribution in [3.05, 3.63) is 35.9 Å². The number of halogens is 1. The summed E-state index contributed by atoms with van der Waals surface area (Å²) in [5, 5.41) is 3.65. The van der Waals surface area contributed by atoms with Crippen LogP contribution in [-0.4, -0.2) is 18.0 Å². The van der Waals surface area contributed by atoms with E-state index in [0.717, 1.165) is 25.3 Å². The fraction of sp³-hybridized carbons (Fsp3) is 0.625. The summed E-state index contributed by atoms with van der Waals surface area (Å²) >= 11 is 5.84. The van der Waals surface area contributed by atoms with Crippen molar-refractivity contribution in [1.82, 2.24) is 5.32 Å². The van der Waals surface area contributed by atoms with Gasteiger partial charge in [-0.05, 0) is 51.1 Å². The smallest absolute Gasteiger partial charge is 0.0240 e. The molecule has 1 aromatic rings. The third-order valence-corrected chi connectivity index (χ3v) is 3.90. The van der Waals surface area contributed by atoms with E-state index in [2.05, 4.69) is 49.5 Å². The highest BCUT2D eigenvalue weighted by Crippen LogP contribution is 2.15. The number of unbranched alkanes of at least 4 members (excludes halogenated alkanes) is 1. The lowest BCUT2D eigenvalue weighted by atomic mass is 9.95. The molecule has 0 aromatic heterocycles. The molecular weight excluding hydrogens is 242 g/mol. The van der Waals surface area contributed by atoms with Crippen LogP contribution < -0.4 is 5.32 Å². The van der Waals surface area contributed by atoms with Gasteiger partial charge in [0, 0.05) is 11.4 Å². The van der Waals surface area contributed by atoms with Crippen LogP contribution in [-0.2, 0) is 6.42 Å². The van der Waals surface area contributed by atoms with Crippen LogP contribution in [0.1, 0.15) is 45.1 Å². The lowest BCUT2D eigenvalue weighted by Crippen LogP contribution is -2.42. The molecule has 1 atom stereocenters. The van der Waals surface area contributed by atoms with Gasteiger partial charge >= 0.3 is 0 Å². The SMILES string of the molecule is CCC(C)(CCCl)NCCCCc1ccccc1. The molecule has 18 heavy (non-hydrogen) atoms. The molecule has 1 unspecified atom stereocenters. The van der Waals surface area contributed by atoms with Gasteiger partial charge in [-0.1, -0.05) is 37.3 Å². The van der Waals surface area contributed by atoms with Gasteiger partial charge in [0.15, 0.2) is 0 Å². The molecule has 1 nitrogen and oxygen atoms in total. The van der Waals surface area contributed by atoms with E-state index in [1.54, 1.807) is 0 Å². The zero-order chi connectivity index (χ0) is 13.3.